The molecule has 2 amide bonds. The van der Waals surface area contributed by atoms with Crippen molar-refractivity contribution in [2.75, 3.05) is 6.54 Å². The number of hydrogen-bond donors (Lipinski definition) is 2. The lowest BCUT2D eigenvalue weighted by atomic mass is 10.0. The summed E-state index contributed by atoms with van der Waals surface area (Å²) in [6.45, 7) is 3.81. The SMILES string of the molecule is Cc1ccccc1C(C)NC(=O)CNC(=O)c1ccccc1Cl. The van der Waals surface area contributed by atoms with Crippen molar-refractivity contribution in [1.29, 1.82) is 0 Å². The van der Waals surface area contributed by atoms with E-state index in [2.05, 4.69) is 10.6 Å². The molecule has 0 aliphatic rings. The fourth-order valence-electron chi connectivity index (χ4n) is 2.34. The van der Waals surface area contributed by atoms with E-state index in [1.807, 2.05) is 38.1 Å². The quantitative estimate of drug-likeness (QED) is 0.884. The van der Waals surface area contributed by atoms with Gasteiger partial charge in [-0.1, -0.05) is 48.0 Å². The molecule has 2 N–H and O–H groups in total. The molecule has 0 saturated carbocycles. The number of rotatable bonds is 5. The average Bonchev–Trinajstić information content (AvgIpc) is 2.53. The van der Waals surface area contributed by atoms with E-state index in [9.17, 15) is 9.59 Å². The first-order valence-electron chi connectivity index (χ1n) is 7.36. The van der Waals surface area contributed by atoms with E-state index in [1.54, 1.807) is 24.3 Å². The van der Waals surface area contributed by atoms with Gasteiger partial charge in [0, 0.05) is 0 Å². The third-order valence-electron chi connectivity index (χ3n) is 3.56. The first-order valence-corrected chi connectivity index (χ1v) is 7.74. The van der Waals surface area contributed by atoms with E-state index in [-0.39, 0.29) is 24.4 Å². The van der Waals surface area contributed by atoms with Crippen LogP contribution >= 0.6 is 11.6 Å². The van der Waals surface area contributed by atoms with E-state index in [0.29, 0.717) is 10.6 Å². The summed E-state index contributed by atoms with van der Waals surface area (Å²) in [5.41, 5.74) is 2.52. The highest BCUT2D eigenvalue weighted by atomic mass is 35.5. The fraction of sp³-hybridized carbons (Fsp3) is 0.222. The van der Waals surface area contributed by atoms with E-state index in [1.165, 1.54) is 0 Å². The van der Waals surface area contributed by atoms with Gasteiger partial charge < -0.3 is 10.6 Å². The van der Waals surface area contributed by atoms with Gasteiger partial charge in [0.25, 0.3) is 5.91 Å². The number of benzene rings is 2. The largest absolute Gasteiger partial charge is 0.348 e. The van der Waals surface area contributed by atoms with Crippen LogP contribution in [0.2, 0.25) is 5.02 Å². The molecule has 1 atom stereocenters. The predicted molar refractivity (Wildman–Crippen MR) is 91.5 cm³/mol. The van der Waals surface area contributed by atoms with Crippen LogP contribution in [-0.4, -0.2) is 18.4 Å². The molecule has 0 fully saturated rings. The number of hydrogen-bond acceptors (Lipinski definition) is 2. The van der Waals surface area contributed by atoms with Crippen molar-refractivity contribution in [3.8, 4) is 0 Å². The summed E-state index contributed by atoms with van der Waals surface area (Å²) in [7, 11) is 0. The second kappa shape index (κ2) is 7.79. The van der Waals surface area contributed by atoms with Gasteiger partial charge in [0.2, 0.25) is 5.91 Å². The second-order valence-corrected chi connectivity index (χ2v) is 5.72. The molecule has 4 nitrogen and oxygen atoms in total. The van der Waals surface area contributed by atoms with Gasteiger partial charge in [0.1, 0.15) is 0 Å². The van der Waals surface area contributed by atoms with Crippen molar-refractivity contribution in [3.05, 3.63) is 70.2 Å². The van der Waals surface area contributed by atoms with Crippen molar-refractivity contribution >= 4 is 23.4 Å². The smallest absolute Gasteiger partial charge is 0.253 e. The minimum atomic E-state index is -0.366. The Morgan fingerprint density at radius 2 is 1.74 bits per heavy atom. The Hall–Kier alpha value is -2.33. The Morgan fingerprint density at radius 3 is 2.43 bits per heavy atom. The molecule has 0 spiro atoms. The van der Waals surface area contributed by atoms with E-state index in [4.69, 9.17) is 11.6 Å². The highest BCUT2D eigenvalue weighted by Crippen LogP contribution is 2.16. The lowest BCUT2D eigenvalue weighted by molar-refractivity contribution is -0.120. The summed E-state index contributed by atoms with van der Waals surface area (Å²) in [6, 6.07) is 14.5. The normalized spacial score (nSPS) is 11.6. The number of carbonyl (C=O) groups excluding carboxylic acids is 2. The second-order valence-electron chi connectivity index (χ2n) is 5.31. The topological polar surface area (TPSA) is 58.2 Å². The van der Waals surface area contributed by atoms with Crippen LogP contribution in [0.3, 0.4) is 0 Å². The van der Waals surface area contributed by atoms with Crippen LogP contribution in [0, 0.1) is 6.92 Å². The molecule has 0 bridgehead atoms. The van der Waals surface area contributed by atoms with Crippen LogP contribution in [-0.2, 0) is 4.79 Å². The monoisotopic (exact) mass is 330 g/mol. The van der Waals surface area contributed by atoms with E-state index < -0.39 is 0 Å². The van der Waals surface area contributed by atoms with Crippen molar-refractivity contribution in [2.24, 2.45) is 0 Å². The Bertz CT molecular complexity index is 716. The number of carbonyl (C=O) groups is 2. The Kier molecular flexibility index (Phi) is 5.77. The first kappa shape index (κ1) is 17.0. The van der Waals surface area contributed by atoms with Crippen molar-refractivity contribution in [2.45, 2.75) is 19.9 Å². The first-order chi connectivity index (χ1) is 11.0. The maximum atomic E-state index is 12.0. The van der Waals surface area contributed by atoms with Gasteiger partial charge in [-0.2, -0.15) is 0 Å². The van der Waals surface area contributed by atoms with E-state index >= 15 is 0 Å². The van der Waals surface area contributed by atoms with Crippen LogP contribution < -0.4 is 10.6 Å². The van der Waals surface area contributed by atoms with Crippen LogP contribution in [0.25, 0.3) is 0 Å². The zero-order valence-electron chi connectivity index (χ0n) is 13.1. The third-order valence-corrected chi connectivity index (χ3v) is 3.89. The van der Waals surface area contributed by atoms with Gasteiger partial charge >= 0.3 is 0 Å². The molecular formula is C18H19ClN2O2. The maximum Gasteiger partial charge on any atom is 0.253 e. The van der Waals surface area contributed by atoms with Crippen molar-refractivity contribution in [1.82, 2.24) is 10.6 Å². The summed E-state index contributed by atoms with van der Waals surface area (Å²) >= 11 is 5.95. The molecule has 0 saturated heterocycles. The van der Waals surface area contributed by atoms with Crippen molar-refractivity contribution < 1.29 is 9.59 Å². The lowest BCUT2D eigenvalue weighted by Gasteiger charge is -2.16. The van der Waals surface area contributed by atoms with Gasteiger partial charge in [-0.15, -0.1) is 0 Å². The maximum absolute atomic E-state index is 12.0. The number of aryl methyl sites for hydroxylation is 1. The molecule has 5 heteroatoms. The minimum Gasteiger partial charge on any atom is -0.348 e. The summed E-state index contributed by atoms with van der Waals surface area (Å²) in [4.78, 5) is 24.0. The van der Waals surface area contributed by atoms with Gasteiger partial charge in [-0.25, -0.2) is 0 Å². The molecule has 0 radical (unpaired) electrons. The number of amides is 2. The van der Waals surface area contributed by atoms with Gasteiger partial charge in [-0.05, 0) is 37.1 Å². The predicted octanol–water partition coefficient (Wildman–Crippen LogP) is 3.26. The summed E-state index contributed by atoms with van der Waals surface area (Å²) in [5.74, 6) is -0.615. The molecule has 0 aromatic heterocycles. The molecular weight excluding hydrogens is 312 g/mol. The van der Waals surface area contributed by atoms with Crippen LogP contribution in [0.4, 0.5) is 0 Å². The van der Waals surface area contributed by atoms with Crippen LogP contribution in [0.5, 0.6) is 0 Å². The summed E-state index contributed by atoms with van der Waals surface area (Å²) < 4.78 is 0. The molecule has 0 aliphatic heterocycles. The number of halogens is 1. The van der Waals surface area contributed by atoms with Crippen LogP contribution in [0.1, 0.15) is 34.5 Å². The molecule has 1 unspecified atom stereocenters. The minimum absolute atomic E-state index is 0.0969. The average molecular weight is 331 g/mol. The molecule has 2 aromatic rings. The van der Waals surface area contributed by atoms with Crippen LogP contribution in [0.15, 0.2) is 48.5 Å². The van der Waals surface area contributed by atoms with E-state index in [0.717, 1.165) is 11.1 Å². The Labute approximate surface area is 140 Å². The summed E-state index contributed by atoms with van der Waals surface area (Å²) in [5, 5.41) is 5.81. The highest BCUT2D eigenvalue weighted by molar-refractivity contribution is 6.33. The zero-order valence-corrected chi connectivity index (χ0v) is 13.9. The Balaban J connectivity index is 1.89. The lowest BCUT2D eigenvalue weighted by Crippen LogP contribution is -2.38. The van der Waals surface area contributed by atoms with Gasteiger partial charge in [0.05, 0.1) is 23.2 Å². The number of nitrogens with one attached hydrogen (secondary N) is 2. The molecule has 23 heavy (non-hydrogen) atoms. The third kappa shape index (κ3) is 4.57. The van der Waals surface area contributed by atoms with Gasteiger partial charge in [0.15, 0.2) is 0 Å². The highest BCUT2D eigenvalue weighted by Gasteiger charge is 2.14. The molecule has 2 aromatic carbocycles. The zero-order chi connectivity index (χ0) is 16.8. The molecule has 0 aliphatic carbocycles. The standard InChI is InChI=1S/C18H19ClN2O2/c1-12-7-3-4-8-14(12)13(2)21-17(22)11-20-18(23)15-9-5-6-10-16(15)19/h3-10,13H,11H2,1-2H3,(H,20,23)(H,21,22). The van der Waals surface area contributed by atoms with Gasteiger partial charge in [-0.3, -0.25) is 9.59 Å². The molecule has 120 valence electrons. The summed E-state index contributed by atoms with van der Waals surface area (Å²) in [6.07, 6.45) is 0. The van der Waals surface area contributed by atoms with Crippen molar-refractivity contribution in [3.63, 3.8) is 0 Å². The molecule has 2 rings (SSSR count). The molecule has 0 heterocycles. The Morgan fingerprint density at radius 1 is 1.09 bits per heavy atom. The fourth-order valence-corrected chi connectivity index (χ4v) is 2.57.